The Balaban J connectivity index is 2.85. The van der Waals surface area contributed by atoms with Gasteiger partial charge in [-0.1, -0.05) is 25.5 Å². The molecular weight excluding hydrogens is 198 g/mol. The van der Waals surface area contributed by atoms with Crippen LogP contribution in [0.1, 0.15) is 25.3 Å². The highest BCUT2D eigenvalue weighted by atomic mass is 16.1. The smallest absolute Gasteiger partial charge is 0.146 e. The molecule has 0 bridgehead atoms. The van der Waals surface area contributed by atoms with Gasteiger partial charge < -0.3 is 4.90 Å². The lowest BCUT2D eigenvalue weighted by atomic mass is 10.1. The van der Waals surface area contributed by atoms with Crippen LogP contribution in [0.4, 0.5) is 5.69 Å². The molecule has 0 aliphatic heterocycles. The Morgan fingerprint density at radius 1 is 1.25 bits per heavy atom. The molecule has 0 N–H and O–H groups in total. The van der Waals surface area contributed by atoms with Crippen molar-refractivity contribution in [2.45, 2.75) is 19.8 Å². The molecule has 1 rings (SSSR count). The van der Waals surface area contributed by atoms with E-state index < -0.39 is 0 Å². The van der Waals surface area contributed by atoms with Gasteiger partial charge in [-0.3, -0.25) is 4.79 Å². The quantitative estimate of drug-likeness (QED) is 0.558. The maximum atomic E-state index is 10.8. The Kier molecular flexibility index (Phi) is 4.77. The predicted molar refractivity (Wildman–Crippen MR) is 69.7 cm³/mol. The fourth-order valence-corrected chi connectivity index (χ4v) is 1.54. The molecule has 2 heteroatoms. The molecule has 1 aromatic rings. The van der Waals surface area contributed by atoms with Crippen LogP contribution < -0.4 is 4.90 Å². The summed E-state index contributed by atoms with van der Waals surface area (Å²) in [7, 11) is 4.03. The van der Waals surface area contributed by atoms with Crippen LogP contribution in [0.15, 0.2) is 29.8 Å². The van der Waals surface area contributed by atoms with Crippen molar-refractivity contribution in [2.24, 2.45) is 0 Å². The van der Waals surface area contributed by atoms with E-state index in [1.54, 1.807) is 0 Å². The number of aldehydes is 1. The highest BCUT2D eigenvalue weighted by molar-refractivity contribution is 5.81. The van der Waals surface area contributed by atoms with Crippen LogP contribution in [0, 0.1) is 0 Å². The first-order valence-corrected chi connectivity index (χ1v) is 5.60. The number of hydrogen-bond donors (Lipinski definition) is 0. The van der Waals surface area contributed by atoms with Crippen molar-refractivity contribution in [3.8, 4) is 0 Å². The lowest BCUT2D eigenvalue weighted by Crippen LogP contribution is -2.07. The molecule has 0 heterocycles. The summed E-state index contributed by atoms with van der Waals surface area (Å²) in [5.41, 5.74) is 3.11. The summed E-state index contributed by atoms with van der Waals surface area (Å²) < 4.78 is 0. The third kappa shape index (κ3) is 3.54. The predicted octanol–water partition coefficient (Wildman–Crippen LogP) is 3.14. The number of carbonyl (C=O) groups excluding carboxylic acids is 1. The number of allylic oxidation sites excluding steroid dienone is 1. The van der Waals surface area contributed by atoms with E-state index in [2.05, 4.69) is 24.0 Å². The van der Waals surface area contributed by atoms with Crippen LogP contribution in [0.2, 0.25) is 0 Å². The first kappa shape index (κ1) is 12.5. The van der Waals surface area contributed by atoms with Crippen LogP contribution in [0.5, 0.6) is 0 Å². The minimum atomic E-state index is 0.846. The molecule has 0 saturated heterocycles. The van der Waals surface area contributed by atoms with Gasteiger partial charge in [0.2, 0.25) is 0 Å². The van der Waals surface area contributed by atoms with Crippen LogP contribution in [0.3, 0.4) is 0 Å². The van der Waals surface area contributed by atoms with E-state index in [1.807, 2.05) is 32.3 Å². The van der Waals surface area contributed by atoms with Crippen LogP contribution in [0.25, 0.3) is 6.08 Å². The first-order chi connectivity index (χ1) is 7.67. The molecule has 0 aromatic heterocycles. The Labute approximate surface area is 97.6 Å². The van der Waals surface area contributed by atoms with Crippen molar-refractivity contribution >= 4 is 18.0 Å². The molecule has 0 unspecified atom stereocenters. The minimum absolute atomic E-state index is 0.846. The van der Waals surface area contributed by atoms with Gasteiger partial charge in [0.25, 0.3) is 0 Å². The Morgan fingerprint density at radius 2 is 1.88 bits per heavy atom. The van der Waals surface area contributed by atoms with Gasteiger partial charge >= 0.3 is 0 Å². The van der Waals surface area contributed by atoms with E-state index in [4.69, 9.17) is 0 Å². The van der Waals surface area contributed by atoms with Crippen LogP contribution >= 0.6 is 0 Å². The van der Waals surface area contributed by atoms with Gasteiger partial charge in [-0.25, -0.2) is 0 Å². The molecule has 0 aliphatic rings. The molecule has 0 radical (unpaired) electrons. The van der Waals surface area contributed by atoms with Gasteiger partial charge in [-0.15, -0.1) is 0 Å². The van der Waals surface area contributed by atoms with Crippen LogP contribution in [-0.2, 0) is 4.79 Å². The van der Waals surface area contributed by atoms with E-state index in [0.29, 0.717) is 0 Å². The molecule has 86 valence electrons. The monoisotopic (exact) mass is 217 g/mol. The minimum Gasteiger partial charge on any atom is -0.378 e. The van der Waals surface area contributed by atoms with E-state index in [-0.39, 0.29) is 0 Å². The Bertz CT molecular complexity index is 363. The summed E-state index contributed by atoms with van der Waals surface area (Å²) in [6.45, 7) is 2.08. The third-order valence-electron chi connectivity index (χ3n) is 2.45. The van der Waals surface area contributed by atoms with Crippen molar-refractivity contribution in [1.29, 1.82) is 0 Å². The number of rotatable bonds is 5. The summed E-state index contributed by atoms with van der Waals surface area (Å²) >= 11 is 0. The Hall–Kier alpha value is -1.57. The van der Waals surface area contributed by atoms with Gasteiger partial charge in [-0.2, -0.15) is 0 Å². The number of carbonyl (C=O) groups is 1. The summed E-state index contributed by atoms with van der Waals surface area (Å²) in [5, 5.41) is 0. The molecule has 0 fully saturated rings. The fourth-order valence-electron chi connectivity index (χ4n) is 1.54. The third-order valence-corrected chi connectivity index (χ3v) is 2.45. The summed E-state index contributed by atoms with van der Waals surface area (Å²) in [6.07, 6.45) is 4.75. The summed E-state index contributed by atoms with van der Waals surface area (Å²) in [6, 6.07) is 8.18. The second-order valence-electron chi connectivity index (χ2n) is 4.07. The van der Waals surface area contributed by atoms with Crippen LogP contribution in [-0.4, -0.2) is 20.4 Å². The SMILES string of the molecule is CCC/C(C=O)=C\c1ccc(N(C)C)cc1. The van der Waals surface area contributed by atoms with Crippen molar-refractivity contribution in [1.82, 2.24) is 0 Å². The van der Waals surface area contributed by atoms with Gasteiger partial charge in [0.15, 0.2) is 0 Å². The lowest BCUT2D eigenvalue weighted by molar-refractivity contribution is -0.105. The molecule has 0 atom stereocenters. The first-order valence-electron chi connectivity index (χ1n) is 5.60. The molecule has 16 heavy (non-hydrogen) atoms. The second kappa shape index (κ2) is 6.11. The van der Waals surface area contributed by atoms with Gasteiger partial charge in [0.1, 0.15) is 6.29 Å². The fraction of sp³-hybridized carbons (Fsp3) is 0.357. The zero-order valence-corrected chi connectivity index (χ0v) is 10.2. The highest BCUT2D eigenvalue weighted by Gasteiger charge is 1.97. The highest BCUT2D eigenvalue weighted by Crippen LogP contribution is 2.15. The van der Waals surface area contributed by atoms with Crippen molar-refractivity contribution in [3.63, 3.8) is 0 Å². The number of benzene rings is 1. The standard InChI is InChI=1S/C14H19NO/c1-4-5-13(11-16)10-12-6-8-14(9-7-12)15(2)3/h6-11H,4-5H2,1-3H3/b13-10+. The van der Waals surface area contributed by atoms with E-state index in [1.165, 1.54) is 5.69 Å². The number of anilines is 1. The molecular formula is C14H19NO. The van der Waals surface area contributed by atoms with E-state index in [9.17, 15) is 4.79 Å². The van der Waals surface area contributed by atoms with Crippen molar-refractivity contribution in [2.75, 3.05) is 19.0 Å². The van der Waals surface area contributed by atoms with Crippen molar-refractivity contribution in [3.05, 3.63) is 35.4 Å². The topological polar surface area (TPSA) is 20.3 Å². The number of hydrogen-bond acceptors (Lipinski definition) is 2. The molecule has 0 saturated carbocycles. The lowest BCUT2D eigenvalue weighted by Gasteiger charge is -2.11. The van der Waals surface area contributed by atoms with Gasteiger partial charge in [0.05, 0.1) is 0 Å². The normalized spacial score (nSPS) is 11.3. The average Bonchev–Trinajstić information content (AvgIpc) is 2.29. The summed E-state index contributed by atoms with van der Waals surface area (Å²) in [4.78, 5) is 12.9. The van der Waals surface area contributed by atoms with Gasteiger partial charge in [-0.05, 0) is 35.8 Å². The molecule has 0 amide bonds. The molecule has 0 spiro atoms. The zero-order chi connectivity index (χ0) is 12.0. The second-order valence-corrected chi connectivity index (χ2v) is 4.07. The largest absolute Gasteiger partial charge is 0.378 e. The van der Waals surface area contributed by atoms with E-state index in [0.717, 1.165) is 30.3 Å². The van der Waals surface area contributed by atoms with Crippen molar-refractivity contribution < 1.29 is 4.79 Å². The summed E-state index contributed by atoms with van der Waals surface area (Å²) in [5.74, 6) is 0. The zero-order valence-electron chi connectivity index (χ0n) is 10.2. The number of nitrogens with zero attached hydrogens (tertiary/aromatic N) is 1. The average molecular weight is 217 g/mol. The maximum absolute atomic E-state index is 10.8. The molecule has 1 aromatic carbocycles. The molecule has 0 aliphatic carbocycles. The van der Waals surface area contributed by atoms with E-state index >= 15 is 0 Å². The molecule has 2 nitrogen and oxygen atoms in total. The Morgan fingerprint density at radius 3 is 2.31 bits per heavy atom. The maximum Gasteiger partial charge on any atom is 0.146 e. The van der Waals surface area contributed by atoms with Gasteiger partial charge in [0, 0.05) is 19.8 Å².